The number of methoxy groups -OCH3 is 1. The summed E-state index contributed by atoms with van der Waals surface area (Å²) in [4.78, 5) is 25.2. The first-order valence-electron chi connectivity index (χ1n) is 13.1. The number of benzene rings is 1. The molecule has 2 aromatic heterocycles. The maximum absolute atomic E-state index is 15.5. The van der Waals surface area contributed by atoms with Gasteiger partial charge in [-0.05, 0) is 56.5 Å². The number of morpholine rings is 1. The Balaban J connectivity index is 1.28. The van der Waals surface area contributed by atoms with Gasteiger partial charge in [0.1, 0.15) is 17.8 Å². The summed E-state index contributed by atoms with van der Waals surface area (Å²) in [5.74, 6) is 1.84. The van der Waals surface area contributed by atoms with Crippen LogP contribution >= 0.6 is 0 Å². The van der Waals surface area contributed by atoms with Crippen LogP contribution in [0.3, 0.4) is 0 Å². The number of carbonyl (C=O) groups excluding carboxylic acids is 1. The van der Waals surface area contributed by atoms with E-state index in [9.17, 15) is 4.79 Å². The van der Waals surface area contributed by atoms with Crippen molar-refractivity contribution in [2.24, 2.45) is 0 Å². The van der Waals surface area contributed by atoms with Gasteiger partial charge in [-0.3, -0.25) is 9.69 Å². The molecule has 196 valence electrons. The average molecular weight is 509 g/mol. The van der Waals surface area contributed by atoms with Gasteiger partial charge in [0.25, 0.3) is 0 Å². The number of anilines is 1. The largest absolute Gasteiger partial charge is 0.469 e. The normalized spacial score (nSPS) is 25.8. The first kappa shape index (κ1) is 24.2. The second-order valence-electron chi connectivity index (χ2n) is 10.5. The van der Waals surface area contributed by atoms with Gasteiger partial charge >= 0.3 is 5.97 Å². The van der Waals surface area contributed by atoms with E-state index >= 15 is 4.39 Å². The van der Waals surface area contributed by atoms with E-state index in [2.05, 4.69) is 22.1 Å². The minimum absolute atomic E-state index is 0.204. The second kappa shape index (κ2) is 9.64. The summed E-state index contributed by atoms with van der Waals surface area (Å²) in [6, 6.07) is 6.53. The Morgan fingerprint density at radius 2 is 2.03 bits per heavy atom. The van der Waals surface area contributed by atoms with Gasteiger partial charge in [-0.1, -0.05) is 0 Å². The third kappa shape index (κ3) is 4.57. The van der Waals surface area contributed by atoms with E-state index in [4.69, 9.17) is 19.4 Å². The Morgan fingerprint density at radius 3 is 2.76 bits per heavy atom. The van der Waals surface area contributed by atoms with Crippen LogP contribution in [0.1, 0.15) is 42.1 Å². The number of fused-ring (bicyclic) bond motifs is 3. The fraction of sp³-hybridized carbons (Fsp3) is 0.556. The minimum atomic E-state index is -1.01. The van der Waals surface area contributed by atoms with Gasteiger partial charge in [-0.15, -0.1) is 0 Å². The van der Waals surface area contributed by atoms with Crippen molar-refractivity contribution < 1.29 is 18.7 Å². The average Bonchev–Trinajstić information content (AvgIpc) is 3.62. The molecule has 3 fully saturated rings. The lowest BCUT2D eigenvalue weighted by Gasteiger charge is -2.35. The van der Waals surface area contributed by atoms with Crippen molar-refractivity contribution >= 4 is 22.7 Å². The summed E-state index contributed by atoms with van der Waals surface area (Å²) >= 11 is 0. The van der Waals surface area contributed by atoms with Crippen LogP contribution in [0.2, 0.25) is 0 Å². The highest BCUT2D eigenvalue weighted by Gasteiger charge is 2.40. The zero-order valence-electron chi connectivity index (χ0n) is 21.6. The predicted molar refractivity (Wildman–Crippen MR) is 137 cm³/mol. The lowest BCUT2D eigenvalue weighted by atomic mass is 9.85. The fourth-order valence-corrected chi connectivity index (χ4v) is 6.13. The molecule has 3 saturated heterocycles. The number of rotatable bonds is 6. The third-order valence-electron chi connectivity index (χ3n) is 8.06. The van der Waals surface area contributed by atoms with Crippen LogP contribution in [0.15, 0.2) is 24.4 Å². The molecule has 0 aliphatic carbocycles. The lowest BCUT2D eigenvalue weighted by molar-refractivity contribution is -0.141. The van der Waals surface area contributed by atoms with Gasteiger partial charge in [0.2, 0.25) is 0 Å². The molecular weight excluding hydrogens is 475 g/mol. The molecule has 3 aliphatic heterocycles. The van der Waals surface area contributed by atoms with Crippen molar-refractivity contribution in [1.29, 1.82) is 0 Å². The minimum Gasteiger partial charge on any atom is -0.469 e. The molecule has 9 nitrogen and oxygen atoms in total. The molecule has 1 aromatic carbocycles. The fourth-order valence-electron chi connectivity index (χ4n) is 6.13. The number of hydrogen-bond acceptors (Lipinski definition) is 8. The van der Waals surface area contributed by atoms with E-state index in [1.807, 2.05) is 35.7 Å². The van der Waals surface area contributed by atoms with Gasteiger partial charge in [0.15, 0.2) is 5.82 Å². The summed E-state index contributed by atoms with van der Waals surface area (Å²) < 4.78 is 27.8. The maximum atomic E-state index is 15.5. The molecule has 0 N–H and O–H groups in total. The van der Waals surface area contributed by atoms with Crippen molar-refractivity contribution in [3.63, 3.8) is 0 Å². The number of hydrogen-bond donors (Lipinski definition) is 0. The van der Waals surface area contributed by atoms with Crippen LogP contribution in [0.4, 0.5) is 10.2 Å². The third-order valence-corrected chi connectivity index (χ3v) is 8.06. The smallest absolute Gasteiger partial charge is 0.306 e. The van der Waals surface area contributed by atoms with Crippen LogP contribution in [0, 0.1) is 13.8 Å². The summed E-state index contributed by atoms with van der Waals surface area (Å²) in [5.41, 5.74) is 2.99. The van der Waals surface area contributed by atoms with Gasteiger partial charge < -0.3 is 14.4 Å². The number of ether oxygens (including phenoxy) is 2. The number of esters is 1. The Hall–Kier alpha value is -3.11. The van der Waals surface area contributed by atoms with Crippen molar-refractivity contribution in [2.45, 2.75) is 57.3 Å². The number of carbonyl (C=O) groups is 1. The van der Waals surface area contributed by atoms with E-state index in [-0.39, 0.29) is 24.4 Å². The molecule has 5 heterocycles. The van der Waals surface area contributed by atoms with Crippen molar-refractivity contribution in [2.75, 3.05) is 44.8 Å². The molecule has 0 radical (unpaired) electrons. The van der Waals surface area contributed by atoms with Crippen molar-refractivity contribution in [1.82, 2.24) is 24.6 Å². The van der Waals surface area contributed by atoms with E-state index in [0.717, 1.165) is 54.0 Å². The molecule has 0 spiro atoms. The van der Waals surface area contributed by atoms with Crippen LogP contribution in [0.25, 0.3) is 16.7 Å². The SMILES string of the molecule is COC(=O)CCN1CCC(c2cc3c(cnn3-c3cc(N4C[C@@H]5C[C@H]4CO5)nc(C)n3)cc2C)C(F)C1. The van der Waals surface area contributed by atoms with Gasteiger partial charge in [0.05, 0.1) is 44.0 Å². The highest BCUT2D eigenvalue weighted by Crippen LogP contribution is 2.36. The Morgan fingerprint density at radius 1 is 1.19 bits per heavy atom. The van der Waals surface area contributed by atoms with E-state index < -0.39 is 6.17 Å². The molecule has 3 aliphatic rings. The lowest BCUT2D eigenvalue weighted by Crippen LogP contribution is -2.41. The molecule has 2 bridgehead atoms. The first-order chi connectivity index (χ1) is 17.9. The number of piperidine rings is 1. The summed E-state index contributed by atoms with van der Waals surface area (Å²) in [7, 11) is 1.38. The standard InChI is InChI=1S/C27H33FN6O3/c1-16-8-18-12-29-34(26-11-25(30-17(2)31-26)33-13-20-9-19(33)15-37-20)24(18)10-22(16)21-4-6-32(14-23(21)28)7-5-27(35)36-3/h8,10-12,19-21,23H,4-7,9,13-15H2,1-3H3/t19-,20-,21?,23?/m0/s1. The maximum Gasteiger partial charge on any atom is 0.306 e. The van der Waals surface area contributed by atoms with Crippen LogP contribution < -0.4 is 4.90 Å². The Labute approximate surface area is 215 Å². The predicted octanol–water partition coefficient (Wildman–Crippen LogP) is 3.10. The summed E-state index contributed by atoms with van der Waals surface area (Å²) in [6.07, 6.45) is 3.12. The molecule has 0 saturated carbocycles. The molecule has 37 heavy (non-hydrogen) atoms. The molecule has 2 unspecified atom stereocenters. The van der Waals surface area contributed by atoms with Crippen molar-refractivity contribution in [3.05, 3.63) is 41.3 Å². The quantitative estimate of drug-likeness (QED) is 0.470. The van der Waals surface area contributed by atoms with Gasteiger partial charge in [-0.25, -0.2) is 19.0 Å². The van der Waals surface area contributed by atoms with Crippen LogP contribution in [0.5, 0.6) is 0 Å². The molecule has 3 aromatic rings. The summed E-state index contributed by atoms with van der Waals surface area (Å²) in [5, 5.41) is 5.67. The number of likely N-dealkylation sites (tertiary alicyclic amines) is 1. The topological polar surface area (TPSA) is 85.6 Å². The van der Waals surface area contributed by atoms with E-state index in [1.54, 1.807) is 0 Å². The van der Waals surface area contributed by atoms with E-state index in [1.165, 1.54) is 7.11 Å². The van der Waals surface area contributed by atoms with Gasteiger partial charge in [0, 0.05) is 37.0 Å². The number of aromatic nitrogens is 4. The molecule has 4 atom stereocenters. The zero-order chi connectivity index (χ0) is 25.7. The number of nitrogens with zero attached hydrogens (tertiary/aromatic N) is 6. The molecule has 10 heteroatoms. The monoisotopic (exact) mass is 508 g/mol. The molecule has 6 rings (SSSR count). The summed E-state index contributed by atoms with van der Waals surface area (Å²) in [6.45, 7) is 7.11. The number of aryl methyl sites for hydroxylation is 2. The highest BCUT2D eigenvalue weighted by atomic mass is 19.1. The zero-order valence-corrected chi connectivity index (χ0v) is 21.6. The Bertz CT molecular complexity index is 1330. The van der Waals surface area contributed by atoms with Crippen LogP contribution in [-0.2, 0) is 14.3 Å². The first-order valence-corrected chi connectivity index (χ1v) is 13.1. The van der Waals surface area contributed by atoms with Crippen LogP contribution in [-0.4, -0.2) is 88.8 Å². The molecule has 0 amide bonds. The number of halogens is 1. The highest BCUT2D eigenvalue weighted by molar-refractivity contribution is 5.82. The molecular formula is C27H33FN6O3. The van der Waals surface area contributed by atoms with E-state index in [0.29, 0.717) is 37.2 Å². The second-order valence-corrected chi connectivity index (χ2v) is 10.5. The Kier molecular flexibility index (Phi) is 6.32. The van der Waals surface area contributed by atoms with Crippen molar-refractivity contribution in [3.8, 4) is 5.82 Å². The number of alkyl halides is 1. The van der Waals surface area contributed by atoms with Gasteiger partial charge in [-0.2, -0.15) is 5.10 Å².